The lowest BCUT2D eigenvalue weighted by Gasteiger charge is -2.30. The fourth-order valence-corrected chi connectivity index (χ4v) is 5.32. The van der Waals surface area contributed by atoms with E-state index < -0.39 is 33.9 Å². The molecule has 1 aliphatic heterocycles. The predicted octanol–water partition coefficient (Wildman–Crippen LogP) is 2.38. The van der Waals surface area contributed by atoms with Crippen LogP contribution in [0.4, 0.5) is 5.69 Å². The molecule has 10 heteroatoms. The molecule has 1 heterocycles. The smallest absolute Gasteiger partial charge is 0.251 e. The maximum atomic E-state index is 13.2. The Morgan fingerprint density at radius 3 is 2.38 bits per heavy atom. The molecule has 3 rings (SSSR count). The summed E-state index contributed by atoms with van der Waals surface area (Å²) in [6, 6.07) is 4.53. The van der Waals surface area contributed by atoms with E-state index in [1.165, 1.54) is 31.2 Å². The molecule has 2 amide bonds. The molecule has 1 aromatic rings. The minimum Gasteiger partial charge on any atom is -0.368 e. The standard InChI is InChI=1S/C24H35N3O6S/c1-4-20-21(19(28)15-33-20)26-23(30)18(14-24(3)12-6-7-13-24)25-22(29)16-8-10-17(11-9-16)27-34(31,32)5-2/h8-11,18,20-21,27H,4-7,12-15H2,1-3H3,(H,25,29)(H,26,30)/t18-,20-,21+/m0/s1. The van der Waals surface area contributed by atoms with Crippen molar-refractivity contribution in [1.29, 1.82) is 0 Å². The third kappa shape index (κ3) is 6.56. The average Bonchev–Trinajstić information content (AvgIpc) is 3.39. The second-order valence-electron chi connectivity index (χ2n) is 9.54. The van der Waals surface area contributed by atoms with Crippen molar-refractivity contribution in [2.24, 2.45) is 5.41 Å². The molecule has 1 saturated carbocycles. The van der Waals surface area contributed by atoms with Gasteiger partial charge in [0.25, 0.3) is 5.91 Å². The van der Waals surface area contributed by atoms with E-state index in [1.54, 1.807) is 0 Å². The Morgan fingerprint density at radius 1 is 1.15 bits per heavy atom. The number of carbonyl (C=O) groups excluding carboxylic acids is 3. The van der Waals surface area contributed by atoms with Gasteiger partial charge < -0.3 is 15.4 Å². The molecular formula is C24H35N3O6S. The van der Waals surface area contributed by atoms with Crippen molar-refractivity contribution >= 4 is 33.3 Å². The van der Waals surface area contributed by atoms with Crippen LogP contribution in [-0.2, 0) is 24.3 Å². The zero-order chi connectivity index (χ0) is 24.9. The highest BCUT2D eigenvalue weighted by Crippen LogP contribution is 2.41. The topological polar surface area (TPSA) is 131 Å². The lowest BCUT2D eigenvalue weighted by Crippen LogP contribution is -2.54. The molecule has 0 bridgehead atoms. The van der Waals surface area contributed by atoms with Gasteiger partial charge in [-0.25, -0.2) is 8.42 Å². The number of amides is 2. The van der Waals surface area contributed by atoms with Crippen molar-refractivity contribution in [2.75, 3.05) is 17.1 Å². The normalized spacial score (nSPS) is 22.9. The second-order valence-corrected chi connectivity index (χ2v) is 11.6. The summed E-state index contributed by atoms with van der Waals surface area (Å²) in [5.74, 6) is -1.05. The van der Waals surface area contributed by atoms with Crippen LogP contribution >= 0.6 is 0 Å². The van der Waals surface area contributed by atoms with Crippen molar-refractivity contribution in [3.8, 4) is 0 Å². The first-order chi connectivity index (χ1) is 16.1. The summed E-state index contributed by atoms with van der Waals surface area (Å²) in [6.45, 7) is 5.53. The van der Waals surface area contributed by atoms with E-state index in [0.29, 0.717) is 24.1 Å². The summed E-state index contributed by atoms with van der Waals surface area (Å²) in [6.07, 6.45) is 4.82. The fraction of sp³-hybridized carbons (Fsp3) is 0.625. The molecule has 2 fully saturated rings. The Kier molecular flexibility index (Phi) is 8.35. The highest BCUT2D eigenvalue weighted by molar-refractivity contribution is 7.92. The molecule has 3 N–H and O–H groups in total. The number of hydrogen-bond acceptors (Lipinski definition) is 6. The minimum absolute atomic E-state index is 0.0215. The largest absolute Gasteiger partial charge is 0.368 e. The molecule has 34 heavy (non-hydrogen) atoms. The van der Waals surface area contributed by atoms with Gasteiger partial charge in [0.15, 0.2) is 5.78 Å². The third-order valence-electron chi connectivity index (χ3n) is 6.79. The lowest BCUT2D eigenvalue weighted by molar-refractivity contribution is -0.128. The maximum absolute atomic E-state index is 13.2. The second kappa shape index (κ2) is 10.9. The molecule has 3 atom stereocenters. The number of ketones is 1. The van der Waals surface area contributed by atoms with Crippen LogP contribution in [0.15, 0.2) is 24.3 Å². The van der Waals surface area contributed by atoms with Gasteiger partial charge in [-0.2, -0.15) is 0 Å². The maximum Gasteiger partial charge on any atom is 0.251 e. The highest BCUT2D eigenvalue weighted by Gasteiger charge is 2.39. The van der Waals surface area contributed by atoms with Gasteiger partial charge in [0, 0.05) is 11.3 Å². The Bertz CT molecular complexity index is 1000. The van der Waals surface area contributed by atoms with Crippen molar-refractivity contribution in [1.82, 2.24) is 10.6 Å². The number of nitrogens with one attached hydrogen (secondary N) is 3. The van der Waals surface area contributed by atoms with Crippen molar-refractivity contribution < 1.29 is 27.5 Å². The number of hydrogen-bond donors (Lipinski definition) is 3. The van der Waals surface area contributed by atoms with Gasteiger partial charge in [0.2, 0.25) is 15.9 Å². The van der Waals surface area contributed by atoms with Gasteiger partial charge in [-0.05, 0) is 62.3 Å². The highest BCUT2D eigenvalue weighted by atomic mass is 32.2. The lowest BCUT2D eigenvalue weighted by atomic mass is 9.81. The van der Waals surface area contributed by atoms with Gasteiger partial charge in [-0.3, -0.25) is 19.1 Å². The Hall–Kier alpha value is -2.46. The number of ether oxygens (including phenoxy) is 1. The van der Waals surface area contributed by atoms with Gasteiger partial charge in [-0.15, -0.1) is 0 Å². The SMILES string of the molecule is CC[C@@H]1OCC(=O)[C@H]1NC(=O)[C@H](CC1(C)CCCC1)NC(=O)c1ccc(NS(=O)(=O)CC)cc1. The van der Waals surface area contributed by atoms with E-state index in [0.717, 1.165) is 25.7 Å². The van der Waals surface area contributed by atoms with Crippen LogP contribution in [0.5, 0.6) is 0 Å². The first kappa shape index (κ1) is 26.2. The molecule has 0 spiro atoms. The van der Waals surface area contributed by atoms with Crippen LogP contribution < -0.4 is 15.4 Å². The van der Waals surface area contributed by atoms with E-state index >= 15 is 0 Å². The van der Waals surface area contributed by atoms with Gasteiger partial charge in [0.1, 0.15) is 18.7 Å². The van der Waals surface area contributed by atoms with E-state index in [9.17, 15) is 22.8 Å². The summed E-state index contributed by atoms with van der Waals surface area (Å²) >= 11 is 0. The summed E-state index contributed by atoms with van der Waals surface area (Å²) in [4.78, 5) is 38.5. The van der Waals surface area contributed by atoms with E-state index in [2.05, 4.69) is 22.3 Å². The van der Waals surface area contributed by atoms with E-state index in [4.69, 9.17) is 4.74 Å². The number of rotatable bonds is 10. The first-order valence-electron chi connectivity index (χ1n) is 11.9. The van der Waals surface area contributed by atoms with Crippen molar-refractivity contribution in [3.63, 3.8) is 0 Å². The number of sulfonamides is 1. The van der Waals surface area contributed by atoms with E-state index in [1.807, 2.05) is 6.92 Å². The Morgan fingerprint density at radius 2 is 1.79 bits per heavy atom. The summed E-state index contributed by atoms with van der Waals surface area (Å²) in [5.41, 5.74) is 0.592. The van der Waals surface area contributed by atoms with Gasteiger partial charge in [0.05, 0.1) is 11.9 Å². The van der Waals surface area contributed by atoms with Crippen molar-refractivity contribution in [2.45, 2.75) is 77.5 Å². The van der Waals surface area contributed by atoms with Crippen LogP contribution in [0.1, 0.15) is 69.7 Å². The molecule has 188 valence electrons. The number of benzene rings is 1. The van der Waals surface area contributed by atoms with Gasteiger partial charge >= 0.3 is 0 Å². The van der Waals surface area contributed by atoms with Crippen molar-refractivity contribution in [3.05, 3.63) is 29.8 Å². The van der Waals surface area contributed by atoms with Crippen LogP contribution in [0.3, 0.4) is 0 Å². The zero-order valence-electron chi connectivity index (χ0n) is 20.1. The number of carbonyl (C=O) groups is 3. The summed E-state index contributed by atoms with van der Waals surface area (Å²) in [7, 11) is -3.42. The Labute approximate surface area is 201 Å². The first-order valence-corrected chi connectivity index (χ1v) is 13.6. The van der Waals surface area contributed by atoms with Gasteiger partial charge in [-0.1, -0.05) is 26.7 Å². The number of Topliss-reactive ketones (excluding diaryl/α,β-unsaturated/α-hetero) is 1. The molecule has 1 aliphatic carbocycles. The Balaban J connectivity index is 1.73. The molecule has 0 radical (unpaired) electrons. The fourth-order valence-electron chi connectivity index (χ4n) is 4.68. The average molecular weight is 494 g/mol. The van der Waals surface area contributed by atoms with Crippen LogP contribution in [0, 0.1) is 5.41 Å². The summed E-state index contributed by atoms with van der Waals surface area (Å²) < 4.78 is 31.4. The predicted molar refractivity (Wildman–Crippen MR) is 129 cm³/mol. The molecule has 1 aromatic carbocycles. The molecule has 2 aliphatic rings. The molecule has 1 saturated heterocycles. The summed E-state index contributed by atoms with van der Waals surface area (Å²) in [5, 5.41) is 5.66. The molecular weight excluding hydrogens is 458 g/mol. The zero-order valence-corrected chi connectivity index (χ0v) is 20.9. The quantitative estimate of drug-likeness (QED) is 0.459. The molecule has 9 nitrogen and oxygen atoms in total. The third-order valence-corrected chi connectivity index (χ3v) is 8.10. The van der Waals surface area contributed by atoms with E-state index in [-0.39, 0.29) is 29.7 Å². The molecule has 0 aromatic heterocycles. The van der Waals surface area contributed by atoms with Crippen LogP contribution in [-0.4, -0.2) is 56.6 Å². The molecule has 0 unspecified atom stereocenters. The number of anilines is 1. The minimum atomic E-state index is -3.42. The van der Waals surface area contributed by atoms with Crippen LogP contribution in [0.25, 0.3) is 0 Å². The van der Waals surface area contributed by atoms with Crippen LogP contribution in [0.2, 0.25) is 0 Å². The monoisotopic (exact) mass is 493 g/mol.